The molecule has 0 heterocycles. The van der Waals surface area contributed by atoms with E-state index >= 15 is 0 Å². The topological polar surface area (TPSA) is 229 Å². The molecule has 0 aliphatic carbocycles. The van der Waals surface area contributed by atoms with Crippen LogP contribution in [-0.4, -0.2) is 88.8 Å². The zero-order chi connectivity index (χ0) is 51.7. The molecule has 0 unspecified atom stereocenters. The van der Waals surface area contributed by atoms with Crippen molar-refractivity contribution in [3.05, 3.63) is 171 Å². The van der Waals surface area contributed by atoms with Gasteiger partial charge < -0.3 is 30.3 Å². The Hall–Kier alpha value is -5.23. The number of aromatic carboxylic acids is 3. The molecule has 0 aliphatic rings. The summed E-state index contributed by atoms with van der Waals surface area (Å²) in [6.45, 7) is 8.18. The Kier molecular flexibility index (Phi) is 28.4. The number of ketones is 2. The number of rotatable bonds is 7. The molecule has 0 atom stereocenters. The average Bonchev–Trinajstić information content (AvgIpc) is 3.22. The Balaban J connectivity index is 0. The van der Waals surface area contributed by atoms with Gasteiger partial charge in [0.1, 0.15) is 0 Å². The van der Waals surface area contributed by atoms with Crippen molar-refractivity contribution in [1.82, 2.24) is 0 Å². The van der Waals surface area contributed by atoms with Gasteiger partial charge in [0.25, 0.3) is 11.6 Å². The van der Waals surface area contributed by atoms with Gasteiger partial charge in [-0.3, -0.25) is 9.59 Å². The number of carboxylic acids is 3. The van der Waals surface area contributed by atoms with Crippen molar-refractivity contribution in [3.63, 3.8) is 0 Å². The second-order valence-electron chi connectivity index (χ2n) is 13.5. The smallest absolute Gasteiger partial charge is 0.870 e. The van der Waals surface area contributed by atoms with E-state index in [2.05, 4.69) is 57.3 Å². The monoisotopic (exact) mass is 1170 g/mol. The number of halogens is 9. The molecule has 5 aromatic carbocycles. The van der Waals surface area contributed by atoms with Crippen LogP contribution >= 0.6 is 47.8 Å². The molecule has 366 valence electrons. The summed E-state index contributed by atoms with van der Waals surface area (Å²) in [5, 5.41) is 25.9. The maximum absolute atomic E-state index is 12.2. The molecule has 23 heteroatoms. The first-order chi connectivity index (χ1) is 30.9. The second kappa shape index (κ2) is 29.7. The number of ether oxygens (including phenoxy) is 2. The third-order valence-corrected chi connectivity index (χ3v) is 10.0. The number of hydrogen-bond acceptors (Lipinski definition) is 10. The molecule has 69 heavy (non-hydrogen) atoms. The average molecular weight is 1180 g/mol. The first kappa shape index (κ1) is 65.9. The molecule has 0 radical (unpaired) electrons. The summed E-state index contributed by atoms with van der Waals surface area (Å²) in [6, 6.07) is 21.5. The van der Waals surface area contributed by atoms with Crippen LogP contribution in [0.2, 0.25) is 0 Å². The number of carbonyl (C=O) groups is 7. The summed E-state index contributed by atoms with van der Waals surface area (Å²) in [5.41, 5.74) is 3.09. The first-order valence-corrected chi connectivity index (χ1v) is 20.8. The predicted molar refractivity (Wildman–Crippen MR) is 245 cm³/mol. The Morgan fingerprint density at radius 2 is 0.638 bits per heavy atom. The molecule has 0 saturated heterocycles. The molecular formula is C46H40Br3F6NaO13. The quantitative estimate of drug-likeness (QED) is 0.0598. The summed E-state index contributed by atoms with van der Waals surface area (Å²) in [6.07, 6.45) is -9.86. The number of benzene rings is 5. The van der Waals surface area contributed by atoms with Gasteiger partial charge in [-0.05, 0) is 141 Å². The summed E-state index contributed by atoms with van der Waals surface area (Å²) in [5.74, 6) is -7.87. The van der Waals surface area contributed by atoms with E-state index in [9.17, 15) is 59.9 Å². The Morgan fingerprint density at radius 1 is 0.420 bits per heavy atom. The minimum absolute atomic E-state index is 0. The maximum Gasteiger partial charge on any atom is 1.00 e. The maximum atomic E-state index is 12.2. The van der Waals surface area contributed by atoms with Crippen molar-refractivity contribution in [3.8, 4) is 0 Å². The van der Waals surface area contributed by atoms with E-state index in [1.807, 2.05) is 19.1 Å². The molecule has 0 amide bonds. The van der Waals surface area contributed by atoms with Gasteiger partial charge in [0.05, 0.1) is 42.0 Å². The van der Waals surface area contributed by atoms with E-state index in [0.29, 0.717) is 16.7 Å². The number of alkyl halides is 6. The molecule has 0 saturated carbocycles. The fourth-order valence-corrected chi connectivity index (χ4v) is 6.64. The normalized spacial score (nSPS) is 10.1. The number of Topliss-reactive ketones (excluding diaryl/α,β-unsaturated/α-hetero) is 2. The van der Waals surface area contributed by atoms with Gasteiger partial charge in [-0.15, -0.1) is 0 Å². The van der Waals surface area contributed by atoms with Crippen LogP contribution < -0.4 is 29.6 Å². The summed E-state index contributed by atoms with van der Waals surface area (Å²) < 4.78 is 84.4. The van der Waals surface area contributed by atoms with Crippen molar-refractivity contribution in [2.45, 2.75) is 47.0 Å². The largest absolute Gasteiger partial charge is 1.00 e. The van der Waals surface area contributed by atoms with Gasteiger partial charge in [-0.25, -0.2) is 24.0 Å². The third-order valence-electron chi connectivity index (χ3n) is 8.56. The molecule has 0 aromatic heterocycles. The fraction of sp³-hybridized carbons (Fsp3) is 0.196. The van der Waals surface area contributed by atoms with E-state index in [4.69, 9.17) is 15.3 Å². The van der Waals surface area contributed by atoms with Crippen LogP contribution in [0.25, 0.3) is 0 Å². The standard InChI is InChI=1S/C11H9F3O3.C10H7F3O3.C9H9BrO2.2C8H7BrO2.Na.H2O/c1-6-5-7(9(15)11(12,13)14)3-4-8(6)10(16)17-2;1-5-4-6(8(14)10(11,12)13)2-3-7(5)9(15)16;1-6-5-7(10)3-4-8(6)9(11)12-2;2*1-5-4-6(9)2-3-7(5)8(10)11;;/h3-5H,1-2H3;2-4H,1H3,(H,15,16);3-5H,1-2H3;2*2-4H,1H3,(H,10,11);;1H2/q;;;;;+1;/p-1. The number of aryl methyl sites for hydroxylation is 5. The van der Waals surface area contributed by atoms with Gasteiger partial charge in [0, 0.05) is 24.5 Å². The van der Waals surface area contributed by atoms with Gasteiger partial charge in [-0.1, -0.05) is 59.9 Å². The number of carboxylic acid groups (broad SMARTS) is 3. The molecule has 0 spiro atoms. The molecule has 4 N–H and O–H groups in total. The van der Waals surface area contributed by atoms with Crippen LogP contribution in [0.3, 0.4) is 0 Å². The van der Waals surface area contributed by atoms with Crippen molar-refractivity contribution < 1.29 is 120 Å². The van der Waals surface area contributed by atoms with Gasteiger partial charge >= 0.3 is 71.8 Å². The molecule has 5 aromatic rings. The minimum Gasteiger partial charge on any atom is -0.870 e. The van der Waals surface area contributed by atoms with Crippen LogP contribution in [0, 0.1) is 34.6 Å². The van der Waals surface area contributed by atoms with Gasteiger partial charge in [0.15, 0.2) is 0 Å². The van der Waals surface area contributed by atoms with Crippen LogP contribution in [0.4, 0.5) is 26.3 Å². The fourth-order valence-electron chi connectivity index (χ4n) is 5.22. The summed E-state index contributed by atoms with van der Waals surface area (Å²) in [7, 11) is 2.54. The number of hydrogen-bond donors (Lipinski definition) is 3. The molecule has 13 nitrogen and oxygen atoms in total. The molecule has 0 aliphatic heterocycles. The second-order valence-corrected chi connectivity index (χ2v) is 16.2. The minimum atomic E-state index is -4.95. The Bertz CT molecular complexity index is 2590. The number of carbonyl (C=O) groups excluding carboxylic acids is 4. The van der Waals surface area contributed by atoms with Crippen LogP contribution in [0.5, 0.6) is 0 Å². The van der Waals surface area contributed by atoms with Gasteiger partial charge in [-0.2, -0.15) is 26.3 Å². The van der Waals surface area contributed by atoms with Crippen molar-refractivity contribution >= 4 is 89.2 Å². The number of methoxy groups -OCH3 is 2. The van der Waals surface area contributed by atoms with E-state index in [-0.39, 0.29) is 63.3 Å². The van der Waals surface area contributed by atoms with E-state index in [1.54, 1.807) is 56.3 Å². The van der Waals surface area contributed by atoms with E-state index in [0.717, 1.165) is 73.6 Å². The van der Waals surface area contributed by atoms with Crippen molar-refractivity contribution in [2.24, 2.45) is 0 Å². The molecule has 0 bridgehead atoms. The van der Waals surface area contributed by atoms with Crippen LogP contribution in [0.1, 0.15) is 100 Å². The van der Waals surface area contributed by atoms with Crippen molar-refractivity contribution in [1.29, 1.82) is 0 Å². The van der Waals surface area contributed by atoms with Crippen LogP contribution in [0.15, 0.2) is 104 Å². The number of esters is 2. The Morgan fingerprint density at radius 3 is 0.841 bits per heavy atom. The summed E-state index contributed by atoms with van der Waals surface area (Å²) in [4.78, 5) is 75.7. The third kappa shape index (κ3) is 21.5. The SMILES string of the molecule is COC(=O)c1ccc(Br)cc1C.COC(=O)c1ccc(C(=O)C(F)(F)F)cc1C.Cc1cc(Br)ccc1C(=O)O.Cc1cc(Br)ccc1C(=O)O.Cc1cc(C(=O)C(F)(F)F)ccc1C(=O)O.[Na+].[OH-]. The van der Waals surface area contributed by atoms with Crippen LogP contribution in [-0.2, 0) is 9.47 Å². The zero-order valence-electron chi connectivity index (χ0n) is 37.5. The first-order valence-electron chi connectivity index (χ1n) is 18.5. The Labute approximate surface area is 438 Å². The van der Waals surface area contributed by atoms with Gasteiger partial charge in [0.2, 0.25) is 0 Å². The van der Waals surface area contributed by atoms with E-state index in [1.165, 1.54) is 21.0 Å². The van der Waals surface area contributed by atoms with E-state index < -0.39 is 58.9 Å². The van der Waals surface area contributed by atoms with Crippen molar-refractivity contribution in [2.75, 3.05) is 14.2 Å². The zero-order valence-corrected chi connectivity index (χ0v) is 44.3. The summed E-state index contributed by atoms with van der Waals surface area (Å²) >= 11 is 9.82. The molecular weight excluding hydrogens is 1140 g/mol. The molecule has 0 fully saturated rings. The molecule has 5 rings (SSSR count). The predicted octanol–water partition coefficient (Wildman–Crippen LogP) is 9.25.